The molecule has 1 aromatic carbocycles. The number of benzene rings is 1. The highest BCUT2D eigenvalue weighted by molar-refractivity contribution is 9.10. The lowest BCUT2D eigenvalue weighted by Gasteiger charge is -1.99. The molecule has 3 nitrogen and oxygen atoms in total. The standard InChI is InChI=1S/C10H10BrN3/c1-7-12-10(14(2)13-7)8-4-3-5-9(11)6-8/h3-6H,1-2H3. The second-order valence-electron chi connectivity index (χ2n) is 3.12. The summed E-state index contributed by atoms with van der Waals surface area (Å²) in [5.74, 6) is 1.69. The zero-order chi connectivity index (χ0) is 10.1. The van der Waals surface area contributed by atoms with Crippen molar-refractivity contribution in [3.63, 3.8) is 0 Å². The Bertz CT molecular complexity index is 462. The summed E-state index contributed by atoms with van der Waals surface area (Å²) in [7, 11) is 1.90. The van der Waals surface area contributed by atoms with E-state index in [2.05, 4.69) is 26.0 Å². The summed E-state index contributed by atoms with van der Waals surface area (Å²) in [6.07, 6.45) is 0. The molecule has 0 fully saturated rings. The maximum Gasteiger partial charge on any atom is 0.158 e. The summed E-state index contributed by atoms with van der Waals surface area (Å²) in [5.41, 5.74) is 1.07. The van der Waals surface area contributed by atoms with E-state index in [-0.39, 0.29) is 0 Å². The van der Waals surface area contributed by atoms with Crippen LogP contribution in [0.2, 0.25) is 0 Å². The van der Waals surface area contributed by atoms with E-state index < -0.39 is 0 Å². The molecule has 0 aliphatic rings. The van der Waals surface area contributed by atoms with Crippen molar-refractivity contribution in [3.05, 3.63) is 34.6 Å². The smallest absolute Gasteiger partial charge is 0.158 e. The third-order valence-electron chi connectivity index (χ3n) is 1.95. The minimum absolute atomic E-state index is 0.794. The SMILES string of the molecule is Cc1nc(-c2cccc(Br)c2)n(C)n1. The van der Waals surface area contributed by atoms with Crippen molar-refractivity contribution >= 4 is 15.9 Å². The van der Waals surface area contributed by atoms with Crippen LogP contribution in [0, 0.1) is 6.92 Å². The molecule has 0 saturated heterocycles. The fraction of sp³-hybridized carbons (Fsp3) is 0.200. The minimum Gasteiger partial charge on any atom is -0.249 e. The Labute approximate surface area is 90.9 Å². The van der Waals surface area contributed by atoms with Gasteiger partial charge in [-0.3, -0.25) is 0 Å². The highest BCUT2D eigenvalue weighted by Crippen LogP contribution is 2.20. The quantitative estimate of drug-likeness (QED) is 0.780. The van der Waals surface area contributed by atoms with Crippen LogP contribution in [-0.2, 0) is 7.05 Å². The van der Waals surface area contributed by atoms with Gasteiger partial charge in [-0.2, -0.15) is 5.10 Å². The number of rotatable bonds is 1. The van der Waals surface area contributed by atoms with E-state index in [1.54, 1.807) is 4.68 Å². The Balaban J connectivity index is 2.54. The molecule has 0 bridgehead atoms. The van der Waals surface area contributed by atoms with Gasteiger partial charge in [0.15, 0.2) is 5.82 Å². The van der Waals surface area contributed by atoms with E-state index in [0.717, 1.165) is 21.7 Å². The molecule has 0 amide bonds. The van der Waals surface area contributed by atoms with Crippen LogP contribution in [0.3, 0.4) is 0 Å². The Kier molecular flexibility index (Phi) is 2.37. The first-order valence-electron chi connectivity index (χ1n) is 4.30. The van der Waals surface area contributed by atoms with Crippen LogP contribution >= 0.6 is 15.9 Å². The van der Waals surface area contributed by atoms with E-state index >= 15 is 0 Å². The Morgan fingerprint density at radius 2 is 2.14 bits per heavy atom. The zero-order valence-electron chi connectivity index (χ0n) is 8.03. The van der Waals surface area contributed by atoms with E-state index in [1.807, 2.05) is 38.2 Å². The monoisotopic (exact) mass is 251 g/mol. The van der Waals surface area contributed by atoms with E-state index in [1.165, 1.54) is 0 Å². The van der Waals surface area contributed by atoms with Crippen LogP contribution in [0.1, 0.15) is 5.82 Å². The topological polar surface area (TPSA) is 30.7 Å². The highest BCUT2D eigenvalue weighted by atomic mass is 79.9. The van der Waals surface area contributed by atoms with Crippen molar-refractivity contribution in [2.45, 2.75) is 6.92 Å². The lowest BCUT2D eigenvalue weighted by Crippen LogP contribution is -1.94. The van der Waals surface area contributed by atoms with Crippen LogP contribution in [0.15, 0.2) is 28.7 Å². The van der Waals surface area contributed by atoms with Crippen LogP contribution in [-0.4, -0.2) is 14.8 Å². The maximum atomic E-state index is 4.35. The largest absolute Gasteiger partial charge is 0.249 e. The number of halogens is 1. The summed E-state index contributed by atoms with van der Waals surface area (Å²) in [4.78, 5) is 4.35. The molecule has 0 spiro atoms. The normalized spacial score (nSPS) is 10.5. The fourth-order valence-electron chi connectivity index (χ4n) is 1.39. The molecule has 0 saturated carbocycles. The average Bonchev–Trinajstić information content (AvgIpc) is 2.45. The van der Waals surface area contributed by atoms with Crippen LogP contribution in [0.5, 0.6) is 0 Å². The number of aromatic nitrogens is 3. The zero-order valence-corrected chi connectivity index (χ0v) is 9.62. The second kappa shape index (κ2) is 3.53. The van der Waals surface area contributed by atoms with Gasteiger partial charge in [-0.1, -0.05) is 28.1 Å². The van der Waals surface area contributed by atoms with Crippen LogP contribution in [0.25, 0.3) is 11.4 Å². The van der Waals surface area contributed by atoms with Gasteiger partial charge in [-0.05, 0) is 19.1 Å². The number of hydrogen-bond donors (Lipinski definition) is 0. The molecule has 4 heteroatoms. The predicted octanol–water partition coefficient (Wildman–Crippen LogP) is 2.55. The first-order valence-corrected chi connectivity index (χ1v) is 5.09. The van der Waals surface area contributed by atoms with Gasteiger partial charge < -0.3 is 0 Å². The Morgan fingerprint density at radius 3 is 2.71 bits per heavy atom. The molecule has 14 heavy (non-hydrogen) atoms. The minimum atomic E-state index is 0.794. The lowest BCUT2D eigenvalue weighted by molar-refractivity contribution is 0.764. The van der Waals surface area contributed by atoms with E-state index in [9.17, 15) is 0 Å². The molecule has 0 atom stereocenters. The van der Waals surface area contributed by atoms with Gasteiger partial charge in [0.1, 0.15) is 5.82 Å². The number of hydrogen-bond acceptors (Lipinski definition) is 2. The predicted molar refractivity (Wildman–Crippen MR) is 58.9 cm³/mol. The van der Waals surface area contributed by atoms with Crippen molar-refractivity contribution in [2.75, 3.05) is 0 Å². The van der Waals surface area contributed by atoms with Crippen molar-refractivity contribution in [1.29, 1.82) is 0 Å². The molecule has 0 radical (unpaired) electrons. The van der Waals surface area contributed by atoms with E-state index in [0.29, 0.717) is 0 Å². The third kappa shape index (κ3) is 1.70. The molecule has 0 aliphatic carbocycles. The summed E-state index contributed by atoms with van der Waals surface area (Å²) in [6, 6.07) is 8.04. The van der Waals surface area contributed by atoms with Gasteiger partial charge in [0, 0.05) is 17.1 Å². The van der Waals surface area contributed by atoms with Gasteiger partial charge in [-0.15, -0.1) is 0 Å². The molecule has 2 aromatic rings. The van der Waals surface area contributed by atoms with E-state index in [4.69, 9.17) is 0 Å². The summed E-state index contributed by atoms with van der Waals surface area (Å²) in [6.45, 7) is 1.89. The van der Waals surface area contributed by atoms with Gasteiger partial charge in [0.2, 0.25) is 0 Å². The molecular formula is C10H10BrN3. The third-order valence-corrected chi connectivity index (χ3v) is 2.45. The Morgan fingerprint density at radius 1 is 1.36 bits per heavy atom. The average molecular weight is 252 g/mol. The highest BCUT2D eigenvalue weighted by Gasteiger charge is 2.06. The van der Waals surface area contributed by atoms with Crippen molar-refractivity contribution in [1.82, 2.24) is 14.8 Å². The van der Waals surface area contributed by atoms with Gasteiger partial charge in [0.05, 0.1) is 0 Å². The van der Waals surface area contributed by atoms with Crippen molar-refractivity contribution in [2.24, 2.45) is 7.05 Å². The lowest BCUT2D eigenvalue weighted by atomic mass is 10.2. The van der Waals surface area contributed by atoms with Crippen LogP contribution < -0.4 is 0 Å². The molecular weight excluding hydrogens is 242 g/mol. The van der Waals surface area contributed by atoms with Crippen molar-refractivity contribution in [3.8, 4) is 11.4 Å². The molecule has 0 aliphatic heterocycles. The van der Waals surface area contributed by atoms with Gasteiger partial charge in [0.25, 0.3) is 0 Å². The summed E-state index contributed by atoms with van der Waals surface area (Å²) in [5, 5.41) is 4.21. The summed E-state index contributed by atoms with van der Waals surface area (Å²) < 4.78 is 2.84. The first kappa shape index (κ1) is 9.40. The summed E-state index contributed by atoms with van der Waals surface area (Å²) >= 11 is 3.43. The maximum absolute atomic E-state index is 4.35. The molecule has 0 N–H and O–H groups in total. The van der Waals surface area contributed by atoms with Gasteiger partial charge in [-0.25, -0.2) is 9.67 Å². The van der Waals surface area contributed by atoms with Gasteiger partial charge >= 0.3 is 0 Å². The number of aryl methyl sites for hydroxylation is 2. The van der Waals surface area contributed by atoms with Crippen LogP contribution in [0.4, 0.5) is 0 Å². The van der Waals surface area contributed by atoms with Crippen molar-refractivity contribution < 1.29 is 0 Å². The molecule has 1 aromatic heterocycles. The first-order chi connectivity index (χ1) is 6.66. The molecule has 0 unspecified atom stereocenters. The Hall–Kier alpha value is -1.16. The molecule has 2 rings (SSSR count). The fourth-order valence-corrected chi connectivity index (χ4v) is 1.79. The second-order valence-corrected chi connectivity index (χ2v) is 4.03. The number of nitrogens with zero attached hydrogens (tertiary/aromatic N) is 3. The molecule has 1 heterocycles. The molecule has 72 valence electrons.